The molecule has 0 radical (unpaired) electrons. The van der Waals surface area contributed by atoms with Gasteiger partial charge in [0.25, 0.3) is 0 Å². The fourth-order valence-corrected chi connectivity index (χ4v) is 9.34. The second kappa shape index (κ2) is 13.0. The van der Waals surface area contributed by atoms with E-state index in [1.54, 1.807) is 21.1 Å². The van der Waals surface area contributed by atoms with Crippen molar-refractivity contribution >= 4 is 35.0 Å². The van der Waals surface area contributed by atoms with Crippen molar-refractivity contribution in [1.29, 1.82) is 0 Å². The number of nitrogens with zero attached hydrogens (tertiary/aromatic N) is 2. The SMILES string of the molecule is COc1cc(-c2cccc(-c3cccc(-c4cc5c(c(OC)c4)[C@H](N4CC(C(=O)O)C4)CC5)c3Cl)c2Cl)cc2c1[C@H](N1CC(C(C)=O)C1)CC2. The van der Waals surface area contributed by atoms with E-state index in [-0.39, 0.29) is 29.7 Å². The zero-order valence-corrected chi connectivity index (χ0v) is 30.0. The number of aliphatic carboxylic acids is 1. The number of likely N-dealkylation sites (tertiary alicyclic amines) is 2. The molecule has 2 heterocycles. The monoisotopic (exact) mass is 710 g/mol. The van der Waals surface area contributed by atoms with Crippen LogP contribution in [0.3, 0.4) is 0 Å². The molecule has 0 bridgehead atoms. The van der Waals surface area contributed by atoms with Crippen LogP contribution >= 0.6 is 23.2 Å². The van der Waals surface area contributed by atoms with E-state index in [9.17, 15) is 14.7 Å². The van der Waals surface area contributed by atoms with Crippen LogP contribution in [0.4, 0.5) is 0 Å². The first kappa shape index (κ1) is 33.3. The molecule has 2 atom stereocenters. The molecule has 7 nitrogen and oxygen atoms in total. The summed E-state index contributed by atoms with van der Waals surface area (Å²) in [6, 6.07) is 21.1. The van der Waals surface area contributed by atoms with E-state index in [0.717, 1.165) is 89.2 Å². The minimum atomic E-state index is -0.727. The van der Waals surface area contributed by atoms with E-state index in [1.165, 1.54) is 16.7 Å². The molecule has 4 aromatic rings. The normalized spacial score (nSPS) is 20.6. The maximum Gasteiger partial charge on any atom is 0.309 e. The van der Waals surface area contributed by atoms with Gasteiger partial charge in [0.1, 0.15) is 17.3 Å². The van der Waals surface area contributed by atoms with Gasteiger partial charge in [-0.05, 0) is 67.0 Å². The Kier molecular flexibility index (Phi) is 8.67. The summed E-state index contributed by atoms with van der Waals surface area (Å²) >= 11 is 14.5. The van der Waals surface area contributed by atoms with Crippen LogP contribution in [-0.4, -0.2) is 67.1 Å². The van der Waals surface area contributed by atoms with Gasteiger partial charge in [0.05, 0.1) is 30.2 Å². The van der Waals surface area contributed by atoms with Gasteiger partial charge in [-0.25, -0.2) is 0 Å². The number of carbonyl (C=O) groups excluding carboxylic acids is 1. The van der Waals surface area contributed by atoms with Crippen LogP contribution < -0.4 is 9.47 Å². The average molecular weight is 712 g/mol. The quantitative estimate of drug-likeness (QED) is 0.187. The van der Waals surface area contributed by atoms with Crippen molar-refractivity contribution in [2.45, 2.75) is 44.7 Å². The summed E-state index contributed by atoms with van der Waals surface area (Å²) in [6.45, 7) is 4.44. The molecule has 2 aliphatic carbocycles. The van der Waals surface area contributed by atoms with Crippen molar-refractivity contribution in [3.8, 4) is 44.9 Å². The van der Waals surface area contributed by atoms with Gasteiger partial charge in [0, 0.05) is 77.6 Å². The Morgan fingerprint density at radius 1 is 0.680 bits per heavy atom. The molecule has 2 fully saturated rings. The third-order valence-corrected chi connectivity index (χ3v) is 12.3. The number of ether oxygens (including phenoxy) is 2. The van der Waals surface area contributed by atoms with Gasteiger partial charge in [-0.15, -0.1) is 0 Å². The lowest BCUT2D eigenvalue weighted by Gasteiger charge is -2.42. The Hall–Kier alpha value is -3.88. The molecule has 8 rings (SSSR count). The van der Waals surface area contributed by atoms with E-state index >= 15 is 0 Å². The summed E-state index contributed by atoms with van der Waals surface area (Å²) in [5, 5.41) is 10.6. The molecule has 2 aliphatic heterocycles. The van der Waals surface area contributed by atoms with Crippen molar-refractivity contribution in [2.75, 3.05) is 40.4 Å². The summed E-state index contributed by atoms with van der Waals surface area (Å²) in [5.41, 5.74) is 10.3. The van der Waals surface area contributed by atoms with Crippen LogP contribution in [0, 0.1) is 11.8 Å². The summed E-state index contributed by atoms with van der Waals surface area (Å²) in [5.74, 6) is 1.04. The fourth-order valence-electron chi connectivity index (χ4n) is 8.66. The predicted octanol–water partition coefficient (Wildman–Crippen LogP) is 8.52. The number of aryl methyl sites for hydroxylation is 2. The van der Waals surface area contributed by atoms with E-state index < -0.39 is 5.97 Å². The number of hydrogen-bond acceptors (Lipinski definition) is 6. The van der Waals surface area contributed by atoms with Gasteiger partial charge >= 0.3 is 5.97 Å². The Labute approximate surface area is 302 Å². The average Bonchev–Trinajstić information content (AvgIpc) is 3.67. The zero-order chi connectivity index (χ0) is 34.8. The second-order valence-electron chi connectivity index (χ2n) is 14.2. The summed E-state index contributed by atoms with van der Waals surface area (Å²) in [6.07, 6.45) is 3.78. The third-order valence-electron chi connectivity index (χ3n) is 11.5. The van der Waals surface area contributed by atoms with Gasteiger partial charge in [-0.3, -0.25) is 19.4 Å². The number of carboxylic acid groups (broad SMARTS) is 1. The lowest BCUT2D eigenvalue weighted by atomic mass is 9.91. The molecule has 2 saturated heterocycles. The van der Waals surface area contributed by atoms with E-state index in [2.05, 4.69) is 34.1 Å². The van der Waals surface area contributed by atoms with Gasteiger partial charge in [0.2, 0.25) is 0 Å². The van der Waals surface area contributed by atoms with Gasteiger partial charge in [-0.2, -0.15) is 0 Å². The Bertz CT molecular complexity index is 1890. The maximum atomic E-state index is 11.9. The molecule has 4 aromatic carbocycles. The molecule has 4 aliphatic rings. The Morgan fingerprint density at radius 2 is 1.10 bits per heavy atom. The highest BCUT2D eigenvalue weighted by Crippen LogP contribution is 2.50. The Balaban J connectivity index is 1.11. The van der Waals surface area contributed by atoms with Crippen LogP contribution in [0.2, 0.25) is 10.0 Å². The first-order chi connectivity index (χ1) is 24.2. The highest BCUT2D eigenvalue weighted by atomic mass is 35.5. The molecule has 1 N–H and O–H groups in total. The maximum absolute atomic E-state index is 11.9. The standard InChI is InChI=1S/C41H40Cl2N2O5/c1-22(46)27-18-44(19-27)33-12-10-23-14-25(16-35(49-2)37(23)33)29-6-4-8-31(39(29)42)32-9-5-7-30(40(32)43)26-15-24-11-13-34(38(24)36(17-26)50-3)45-20-28(21-45)41(47)48/h4-9,14-17,27-28,33-34H,10-13,18-21H2,1-3H3,(H,47,48)/t33-,34-/m1/s1. The van der Waals surface area contributed by atoms with Gasteiger partial charge in [-0.1, -0.05) is 71.7 Å². The van der Waals surface area contributed by atoms with Crippen molar-refractivity contribution < 1.29 is 24.2 Å². The topological polar surface area (TPSA) is 79.3 Å². The summed E-state index contributed by atoms with van der Waals surface area (Å²) < 4.78 is 11.9. The van der Waals surface area contributed by atoms with Crippen LogP contribution in [0.15, 0.2) is 60.7 Å². The third kappa shape index (κ3) is 5.50. The minimum absolute atomic E-state index is 0.138. The molecular formula is C41H40Cl2N2O5. The summed E-state index contributed by atoms with van der Waals surface area (Å²) in [4.78, 5) is 28.0. The van der Waals surface area contributed by atoms with Crippen molar-refractivity contribution in [3.63, 3.8) is 0 Å². The molecule has 0 aromatic heterocycles. The predicted molar refractivity (Wildman–Crippen MR) is 196 cm³/mol. The highest BCUT2D eigenvalue weighted by molar-refractivity contribution is 6.39. The molecule has 0 unspecified atom stereocenters. The molecule has 9 heteroatoms. The van der Waals surface area contributed by atoms with Crippen molar-refractivity contribution in [3.05, 3.63) is 93.0 Å². The molecule has 50 heavy (non-hydrogen) atoms. The number of carboxylic acids is 1. The minimum Gasteiger partial charge on any atom is -0.496 e. The first-order valence-electron chi connectivity index (χ1n) is 17.4. The number of Topliss-reactive ketones (excluding diaryl/α,β-unsaturated/α-hetero) is 1. The smallest absolute Gasteiger partial charge is 0.309 e. The molecule has 0 spiro atoms. The van der Waals surface area contributed by atoms with Crippen molar-refractivity contribution in [1.82, 2.24) is 9.80 Å². The van der Waals surface area contributed by atoms with Crippen LogP contribution in [0.25, 0.3) is 33.4 Å². The van der Waals surface area contributed by atoms with Gasteiger partial charge < -0.3 is 14.6 Å². The molecule has 0 amide bonds. The van der Waals surface area contributed by atoms with Crippen LogP contribution in [0.1, 0.15) is 54.1 Å². The van der Waals surface area contributed by atoms with Gasteiger partial charge in [0.15, 0.2) is 0 Å². The lowest BCUT2D eigenvalue weighted by Crippen LogP contribution is -2.51. The van der Waals surface area contributed by atoms with E-state index in [1.807, 2.05) is 36.4 Å². The number of methoxy groups -OCH3 is 2. The largest absolute Gasteiger partial charge is 0.496 e. The zero-order valence-electron chi connectivity index (χ0n) is 28.5. The number of ketones is 1. The summed E-state index contributed by atoms with van der Waals surface area (Å²) in [7, 11) is 3.41. The number of fused-ring (bicyclic) bond motifs is 2. The van der Waals surface area contributed by atoms with E-state index in [4.69, 9.17) is 32.7 Å². The van der Waals surface area contributed by atoms with Crippen LogP contribution in [-0.2, 0) is 22.4 Å². The molecular weight excluding hydrogens is 671 g/mol. The van der Waals surface area contributed by atoms with E-state index in [0.29, 0.717) is 23.1 Å². The fraction of sp³-hybridized carbons (Fsp3) is 0.366. The molecule has 258 valence electrons. The number of hydrogen-bond donors (Lipinski definition) is 1. The Morgan fingerprint density at radius 3 is 1.50 bits per heavy atom. The van der Waals surface area contributed by atoms with Crippen molar-refractivity contribution in [2.24, 2.45) is 11.8 Å². The lowest BCUT2D eigenvalue weighted by molar-refractivity contribution is -0.148. The second-order valence-corrected chi connectivity index (χ2v) is 15.0. The number of carbonyl (C=O) groups is 2. The number of rotatable bonds is 9. The molecule has 0 saturated carbocycles. The number of benzene rings is 4. The first-order valence-corrected chi connectivity index (χ1v) is 18.1. The van der Waals surface area contributed by atoms with Crippen LogP contribution in [0.5, 0.6) is 11.5 Å². The highest BCUT2D eigenvalue weighted by Gasteiger charge is 2.42. The number of halogens is 2.